The Hall–Kier alpha value is -4.73. The zero-order valence-electron chi connectivity index (χ0n) is 24.0. The number of benzene rings is 2. The number of alkyl halides is 3. The molecule has 46 heavy (non-hydrogen) atoms. The summed E-state index contributed by atoms with van der Waals surface area (Å²) in [5.41, 5.74) is -5.48. The molecular formula is C30H27F4N3O8S. The van der Waals surface area contributed by atoms with Gasteiger partial charge < -0.3 is 25.2 Å². The van der Waals surface area contributed by atoms with E-state index in [4.69, 9.17) is 14.6 Å². The minimum Gasteiger partial charge on any atom is -0.496 e. The smallest absolute Gasteiger partial charge is 0.496 e. The van der Waals surface area contributed by atoms with Crippen molar-refractivity contribution in [1.82, 2.24) is 10.3 Å². The van der Waals surface area contributed by atoms with Crippen molar-refractivity contribution in [3.05, 3.63) is 66.1 Å². The number of carbonyl (C=O) groups is 3. The maximum absolute atomic E-state index is 15.1. The minimum atomic E-state index is -5.64. The molecule has 2 fully saturated rings. The molecule has 2 aromatic carbocycles. The van der Waals surface area contributed by atoms with Gasteiger partial charge >= 0.3 is 11.5 Å². The molecule has 5 rings (SSSR count). The van der Waals surface area contributed by atoms with Gasteiger partial charge in [0, 0.05) is 41.2 Å². The molecule has 2 bridgehead atoms. The molecule has 2 amide bonds. The second kappa shape index (κ2) is 12.6. The zero-order valence-corrected chi connectivity index (χ0v) is 24.8. The van der Waals surface area contributed by atoms with Crippen LogP contribution in [-0.4, -0.2) is 61.6 Å². The second-order valence-corrected chi connectivity index (χ2v) is 12.9. The van der Waals surface area contributed by atoms with Crippen LogP contribution in [0.1, 0.15) is 29.6 Å². The van der Waals surface area contributed by atoms with Gasteiger partial charge in [0.05, 0.1) is 23.5 Å². The van der Waals surface area contributed by atoms with Crippen molar-refractivity contribution in [1.29, 1.82) is 0 Å². The highest BCUT2D eigenvalue weighted by molar-refractivity contribution is 7.92. The Morgan fingerprint density at radius 2 is 1.80 bits per heavy atom. The molecular weight excluding hydrogens is 638 g/mol. The summed E-state index contributed by atoms with van der Waals surface area (Å²) in [4.78, 5) is 40.7. The zero-order chi connectivity index (χ0) is 33.4. The fourth-order valence-electron chi connectivity index (χ4n) is 6.09. The number of nitrogens with one attached hydrogen (secondary N) is 2. The number of halogens is 4. The number of aliphatic carboxylic acids is 1. The first-order valence-electron chi connectivity index (χ1n) is 13.9. The Balaban J connectivity index is 1.37. The molecule has 0 radical (unpaired) electrons. The highest BCUT2D eigenvalue weighted by atomic mass is 32.2. The molecule has 0 saturated heterocycles. The van der Waals surface area contributed by atoms with Gasteiger partial charge in [-0.1, -0.05) is 6.07 Å². The lowest BCUT2D eigenvalue weighted by atomic mass is 9.83. The number of sulfone groups is 1. The van der Waals surface area contributed by atoms with E-state index in [9.17, 15) is 36.0 Å². The number of anilines is 1. The molecule has 2 aliphatic carbocycles. The van der Waals surface area contributed by atoms with E-state index in [-0.39, 0.29) is 45.8 Å². The number of carboxylic acids is 1. The van der Waals surface area contributed by atoms with Crippen LogP contribution in [0.25, 0.3) is 11.1 Å². The van der Waals surface area contributed by atoms with E-state index in [1.807, 2.05) is 0 Å². The summed E-state index contributed by atoms with van der Waals surface area (Å²) in [6.45, 7) is -0.623. The van der Waals surface area contributed by atoms with Gasteiger partial charge in [0.2, 0.25) is 11.8 Å². The number of amides is 2. The number of nitrogens with zero attached hydrogens (tertiary/aromatic N) is 1. The number of fused-ring (bicyclic) bond motifs is 2. The Kier molecular flexibility index (Phi) is 8.93. The van der Waals surface area contributed by atoms with Crippen molar-refractivity contribution in [2.24, 2.45) is 17.8 Å². The van der Waals surface area contributed by atoms with Crippen molar-refractivity contribution in [3.8, 4) is 22.8 Å². The monoisotopic (exact) mass is 665 g/mol. The van der Waals surface area contributed by atoms with Gasteiger partial charge in [-0.15, -0.1) is 0 Å². The summed E-state index contributed by atoms with van der Waals surface area (Å²) in [6, 6.07) is 8.22. The maximum Gasteiger partial charge on any atom is 0.501 e. The summed E-state index contributed by atoms with van der Waals surface area (Å²) in [5.74, 6) is -4.30. The molecule has 2 saturated carbocycles. The highest BCUT2D eigenvalue weighted by Crippen LogP contribution is 2.49. The number of ether oxygens (including phenoxy) is 2. The van der Waals surface area contributed by atoms with Crippen LogP contribution in [0.15, 0.2) is 59.6 Å². The fourth-order valence-corrected chi connectivity index (χ4v) is 6.90. The van der Waals surface area contributed by atoms with Crippen LogP contribution < -0.4 is 20.1 Å². The molecule has 16 heteroatoms. The molecule has 0 unspecified atom stereocenters. The van der Waals surface area contributed by atoms with Crippen LogP contribution in [0.4, 0.5) is 23.2 Å². The molecule has 1 heterocycles. The highest BCUT2D eigenvalue weighted by Gasteiger charge is 2.52. The number of rotatable bonds is 10. The van der Waals surface area contributed by atoms with Gasteiger partial charge in [-0.25, -0.2) is 22.6 Å². The van der Waals surface area contributed by atoms with Crippen LogP contribution >= 0.6 is 0 Å². The molecule has 0 aliphatic heterocycles. The Morgan fingerprint density at radius 1 is 1.07 bits per heavy atom. The number of carbonyl (C=O) groups excluding carboxylic acids is 2. The van der Waals surface area contributed by atoms with Gasteiger partial charge in [0.25, 0.3) is 15.7 Å². The number of pyridine rings is 1. The second-order valence-electron chi connectivity index (χ2n) is 10.9. The van der Waals surface area contributed by atoms with E-state index in [2.05, 4.69) is 15.6 Å². The molecule has 1 aromatic heterocycles. The van der Waals surface area contributed by atoms with Crippen LogP contribution in [0.2, 0.25) is 0 Å². The predicted molar refractivity (Wildman–Crippen MR) is 153 cm³/mol. The molecule has 11 nitrogen and oxygen atoms in total. The maximum atomic E-state index is 15.1. The summed E-state index contributed by atoms with van der Waals surface area (Å²) < 4.78 is 88.3. The molecule has 0 spiro atoms. The van der Waals surface area contributed by atoms with Crippen LogP contribution in [0.3, 0.4) is 0 Å². The minimum absolute atomic E-state index is 0.00709. The lowest BCUT2D eigenvalue weighted by molar-refractivity contribution is -0.139. The van der Waals surface area contributed by atoms with Crippen molar-refractivity contribution in [3.63, 3.8) is 0 Å². The normalized spacial score (nSPS) is 20.6. The molecule has 3 aromatic rings. The SMILES string of the molecule is COc1cc(F)c(-c2ccc(OCC(=O)O)nc2)cc1C(=O)N[C@@H]1[C@H]2CC[C@H](C2)[C@@H]1C(=O)Nc1cccc(S(=O)(=O)C(F)(F)F)c1. The largest absolute Gasteiger partial charge is 0.501 e. The quantitative estimate of drug-likeness (QED) is 0.266. The Labute approximate surface area is 259 Å². The van der Waals surface area contributed by atoms with Gasteiger partial charge in [0.1, 0.15) is 11.6 Å². The van der Waals surface area contributed by atoms with Crippen LogP contribution in [-0.2, 0) is 19.4 Å². The first-order valence-corrected chi connectivity index (χ1v) is 15.4. The van der Waals surface area contributed by atoms with Gasteiger partial charge in [-0.3, -0.25) is 9.59 Å². The van der Waals surface area contributed by atoms with E-state index in [0.717, 1.165) is 24.3 Å². The summed E-state index contributed by atoms with van der Waals surface area (Å²) in [5, 5.41) is 14.1. The van der Waals surface area contributed by atoms with E-state index < -0.39 is 62.4 Å². The van der Waals surface area contributed by atoms with Crippen molar-refractivity contribution in [2.45, 2.75) is 35.7 Å². The first-order chi connectivity index (χ1) is 21.7. The lowest BCUT2D eigenvalue weighted by Gasteiger charge is -2.31. The van der Waals surface area contributed by atoms with E-state index in [1.54, 1.807) is 0 Å². The number of hydrogen-bond donors (Lipinski definition) is 3. The third-order valence-electron chi connectivity index (χ3n) is 8.16. The first kappa shape index (κ1) is 32.7. The Bertz CT molecular complexity index is 1780. The summed E-state index contributed by atoms with van der Waals surface area (Å²) >= 11 is 0. The van der Waals surface area contributed by atoms with Crippen molar-refractivity contribution in [2.75, 3.05) is 19.0 Å². The molecule has 4 atom stereocenters. The van der Waals surface area contributed by atoms with E-state index >= 15 is 4.39 Å². The van der Waals surface area contributed by atoms with Gasteiger partial charge in [0.15, 0.2) is 6.61 Å². The fraction of sp³-hybridized carbons (Fsp3) is 0.333. The standard InChI is InChI=1S/C30H27F4N3O8S/c1-44-23-12-22(31)20(17-7-8-24(35-13-17)45-14-25(38)39)11-21(23)28(40)37-27-16-6-5-15(9-16)26(27)29(41)36-18-3-2-4-19(10-18)46(42,43)30(32,33)34/h2-4,7-8,10-13,15-16,26-27H,5-6,9,14H2,1H3,(H,36,41)(H,37,40)(H,38,39)/t15-,16+,26+,27-/m1/s1. The van der Waals surface area contributed by atoms with Gasteiger partial charge in [-0.05, 0) is 61.4 Å². The predicted octanol–water partition coefficient (Wildman–Crippen LogP) is 4.44. The topological polar surface area (TPSA) is 161 Å². The molecule has 3 N–H and O–H groups in total. The van der Waals surface area contributed by atoms with Crippen LogP contribution in [0, 0.1) is 23.6 Å². The third-order valence-corrected chi connectivity index (χ3v) is 9.64. The lowest BCUT2D eigenvalue weighted by Crippen LogP contribution is -2.48. The van der Waals surface area contributed by atoms with Gasteiger partial charge in [-0.2, -0.15) is 13.2 Å². The number of carboxylic acid groups (broad SMARTS) is 1. The van der Waals surface area contributed by atoms with E-state index in [1.165, 1.54) is 37.6 Å². The average Bonchev–Trinajstić information content (AvgIpc) is 3.62. The summed E-state index contributed by atoms with van der Waals surface area (Å²) in [6.07, 6.45) is 3.25. The third kappa shape index (κ3) is 6.47. The Morgan fingerprint density at radius 3 is 2.46 bits per heavy atom. The number of methoxy groups -OCH3 is 1. The average molecular weight is 666 g/mol. The van der Waals surface area contributed by atoms with E-state index in [0.29, 0.717) is 19.3 Å². The summed E-state index contributed by atoms with van der Waals surface area (Å²) in [7, 11) is -4.39. The molecule has 2 aliphatic rings. The van der Waals surface area contributed by atoms with Crippen molar-refractivity contribution < 1.29 is 54.9 Å². The number of aromatic nitrogens is 1. The molecule has 244 valence electrons. The van der Waals surface area contributed by atoms with Crippen molar-refractivity contribution >= 4 is 33.3 Å². The number of hydrogen-bond acceptors (Lipinski definition) is 8. The van der Waals surface area contributed by atoms with Crippen LogP contribution in [0.5, 0.6) is 11.6 Å².